The van der Waals surface area contributed by atoms with Crippen LogP contribution in [-0.4, -0.2) is 13.6 Å². The van der Waals surface area contributed by atoms with Gasteiger partial charge in [0, 0.05) is 6.54 Å². The predicted octanol–water partition coefficient (Wildman–Crippen LogP) is 3.24. The Labute approximate surface area is 99.3 Å². The second kappa shape index (κ2) is 4.58. The van der Waals surface area contributed by atoms with Crippen LogP contribution < -0.4 is 5.32 Å². The Hall–Kier alpha value is -0.820. The highest BCUT2D eigenvalue weighted by molar-refractivity contribution is 5.29. The van der Waals surface area contributed by atoms with E-state index in [2.05, 4.69) is 44.4 Å². The van der Waals surface area contributed by atoms with Gasteiger partial charge in [-0.2, -0.15) is 0 Å². The first-order valence-electron chi connectivity index (χ1n) is 6.35. The van der Waals surface area contributed by atoms with Crippen molar-refractivity contribution in [2.45, 2.75) is 39.5 Å². The number of nitrogens with one attached hydrogen (secondary N) is 1. The normalized spacial score (nSPS) is 18.2. The largest absolute Gasteiger partial charge is 0.319 e. The summed E-state index contributed by atoms with van der Waals surface area (Å²) in [4.78, 5) is 0. The minimum absolute atomic E-state index is 0.551. The number of aryl methyl sites for hydroxylation is 2. The van der Waals surface area contributed by atoms with Gasteiger partial charge < -0.3 is 5.32 Å². The third-order valence-electron chi connectivity index (χ3n) is 3.83. The first-order valence-corrected chi connectivity index (χ1v) is 6.35. The summed E-state index contributed by atoms with van der Waals surface area (Å²) in [6, 6.07) is 6.96. The van der Waals surface area contributed by atoms with E-state index in [1.807, 2.05) is 0 Å². The van der Waals surface area contributed by atoms with Crippen molar-refractivity contribution >= 4 is 0 Å². The Kier molecular flexibility index (Phi) is 3.34. The molecule has 1 fully saturated rings. The minimum atomic E-state index is 0.551. The SMILES string of the molecule is CNCC1(Cc2cc(C)cc(C)c2)CCC1. The van der Waals surface area contributed by atoms with Gasteiger partial charge in [0.15, 0.2) is 0 Å². The van der Waals surface area contributed by atoms with Crippen LogP contribution >= 0.6 is 0 Å². The molecule has 88 valence electrons. The van der Waals surface area contributed by atoms with Crippen molar-refractivity contribution in [3.8, 4) is 0 Å². The monoisotopic (exact) mass is 217 g/mol. The summed E-state index contributed by atoms with van der Waals surface area (Å²) < 4.78 is 0. The van der Waals surface area contributed by atoms with Crippen LogP contribution in [0.5, 0.6) is 0 Å². The molecule has 0 amide bonds. The summed E-state index contributed by atoms with van der Waals surface area (Å²) in [6.07, 6.45) is 5.44. The van der Waals surface area contributed by atoms with Crippen molar-refractivity contribution in [3.05, 3.63) is 34.9 Å². The summed E-state index contributed by atoms with van der Waals surface area (Å²) in [5.74, 6) is 0. The fourth-order valence-corrected chi connectivity index (χ4v) is 3.07. The van der Waals surface area contributed by atoms with Gasteiger partial charge in [-0.25, -0.2) is 0 Å². The lowest BCUT2D eigenvalue weighted by atomic mass is 9.65. The van der Waals surface area contributed by atoms with Crippen molar-refractivity contribution in [1.82, 2.24) is 5.32 Å². The van der Waals surface area contributed by atoms with Crippen LogP contribution in [0, 0.1) is 19.3 Å². The molecule has 1 saturated carbocycles. The van der Waals surface area contributed by atoms with Crippen LogP contribution in [0.15, 0.2) is 18.2 Å². The van der Waals surface area contributed by atoms with Crippen LogP contribution in [0.1, 0.15) is 36.0 Å². The van der Waals surface area contributed by atoms with Crippen molar-refractivity contribution < 1.29 is 0 Å². The maximum absolute atomic E-state index is 3.36. The van der Waals surface area contributed by atoms with E-state index in [4.69, 9.17) is 0 Å². The fraction of sp³-hybridized carbons (Fsp3) is 0.600. The molecule has 1 nitrogen and oxygen atoms in total. The molecule has 0 heterocycles. The second-order valence-corrected chi connectivity index (χ2v) is 5.56. The van der Waals surface area contributed by atoms with Gasteiger partial charge >= 0.3 is 0 Å². The van der Waals surface area contributed by atoms with Gasteiger partial charge in [-0.15, -0.1) is 0 Å². The molecule has 1 aliphatic rings. The van der Waals surface area contributed by atoms with Gasteiger partial charge in [-0.3, -0.25) is 0 Å². The number of hydrogen-bond donors (Lipinski definition) is 1. The molecule has 1 N–H and O–H groups in total. The highest BCUT2D eigenvalue weighted by atomic mass is 14.8. The van der Waals surface area contributed by atoms with Gasteiger partial charge in [-0.05, 0) is 51.1 Å². The average molecular weight is 217 g/mol. The molecular formula is C15H23N. The van der Waals surface area contributed by atoms with Crippen LogP contribution in [0.25, 0.3) is 0 Å². The van der Waals surface area contributed by atoms with Crippen molar-refractivity contribution in [2.24, 2.45) is 5.41 Å². The lowest BCUT2D eigenvalue weighted by Crippen LogP contribution is -2.40. The minimum Gasteiger partial charge on any atom is -0.319 e. The quantitative estimate of drug-likeness (QED) is 0.816. The first-order chi connectivity index (χ1) is 7.63. The molecule has 0 aliphatic heterocycles. The summed E-state index contributed by atoms with van der Waals surface area (Å²) >= 11 is 0. The molecule has 0 saturated heterocycles. The van der Waals surface area contributed by atoms with E-state index >= 15 is 0 Å². The fourth-order valence-electron chi connectivity index (χ4n) is 3.07. The highest BCUT2D eigenvalue weighted by Crippen LogP contribution is 2.43. The van der Waals surface area contributed by atoms with Crippen molar-refractivity contribution in [3.63, 3.8) is 0 Å². The molecule has 0 aromatic heterocycles. The zero-order valence-electron chi connectivity index (χ0n) is 10.8. The summed E-state index contributed by atoms with van der Waals surface area (Å²) in [5, 5.41) is 3.36. The average Bonchev–Trinajstić information content (AvgIpc) is 2.13. The first kappa shape index (κ1) is 11.7. The van der Waals surface area contributed by atoms with E-state index < -0.39 is 0 Å². The Morgan fingerprint density at radius 1 is 1.12 bits per heavy atom. The zero-order valence-corrected chi connectivity index (χ0v) is 10.8. The molecule has 2 rings (SSSR count). The van der Waals surface area contributed by atoms with Gasteiger partial charge in [0.25, 0.3) is 0 Å². The van der Waals surface area contributed by atoms with Crippen LogP contribution in [0.2, 0.25) is 0 Å². The topological polar surface area (TPSA) is 12.0 Å². The lowest BCUT2D eigenvalue weighted by Gasteiger charge is -2.42. The van der Waals surface area contributed by atoms with Gasteiger partial charge in [0.1, 0.15) is 0 Å². The summed E-state index contributed by atoms with van der Waals surface area (Å²) in [6.45, 7) is 5.56. The summed E-state index contributed by atoms with van der Waals surface area (Å²) in [7, 11) is 2.07. The number of benzene rings is 1. The second-order valence-electron chi connectivity index (χ2n) is 5.56. The van der Waals surface area contributed by atoms with Gasteiger partial charge in [0.05, 0.1) is 0 Å². The molecule has 0 atom stereocenters. The number of hydrogen-bond acceptors (Lipinski definition) is 1. The third-order valence-corrected chi connectivity index (χ3v) is 3.83. The molecule has 1 aromatic carbocycles. The van der Waals surface area contributed by atoms with Crippen molar-refractivity contribution in [1.29, 1.82) is 0 Å². The summed E-state index contributed by atoms with van der Waals surface area (Å²) in [5.41, 5.74) is 4.87. The molecule has 16 heavy (non-hydrogen) atoms. The molecule has 0 radical (unpaired) electrons. The number of rotatable bonds is 4. The van der Waals surface area contributed by atoms with E-state index in [0.717, 1.165) is 0 Å². The molecular weight excluding hydrogens is 194 g/mol. The van der Waals surface area contributed by atoms with E-state index in [-0.39, 0.29) is 0 Å². The highest BCUT2D eigenvalue weighted by Gasteiger charge is 2.36. The Bertz CT molecular complexity index is 343. The Morgan fingerprint density at radius 3 is 2.19 bits per heavy atom. The van der Waals surface area contributed by atoms with Gasteiger partial charge in [-0.1, -0.05) is 35.7 Å². The van der Waals surface area contributed by atoms with Crippen molar-refractivity contribution in [2.75, 3.05) is 13.6 Å². The Balaban J connectivity index is 2.12. The molecule has 1 heteroatoms. The third kappa shape index (κ3) is 2.46. The van der Waals surface area contributed by atoms with E-state index in [0.29, 0.717) is 5.41 Å². The predicted molar refractivity (Wildman–Crippen MR) is 69.8 cm³/mol. The van der Waals surface area contributed by atoms with E-state index in [1.165, 1.54) is 48.9 Å². The smallest absolute Gasteiger partial charge is 0.000799 e. The van der Waals surface area contributed by atoms with Gasteiger partial charge in [0.2, 0.25) is 0 Å². The maximum Gasteiger partial charge on any atom is 0.000799 e. The molecule has 1 aromatic rings. The molecule has 1 aliphatic carbocycles. The standard InChI is InChI=1S/C15H23N/c1-12-7-13(2)9-14(8-12)10-15(11-16-3)5-4-6-15/h7-9,16H,4-6,10-11H2,1-3H3. The molecule has 0 spiro atoms. The van der Waals surface area contributed by atoms with E-state index in [9.17, 15) is 0 Å². The van der Waals surface area contributed by atoms with Crippen LogP contribution in [0.4, 0.5) is 0 Å². The zero-order chi connectivity index (χ0) is 11.6. The van der Waals surface area contributed by atoms with Crippen LogP contribution in [-0.2, 0) is 6.42 Å². The lowest BCUT2D eigenvalue weighted by molar-refractivity contribution is 0.133. The molecule has 0 unspecified atom stereocenters. The maximum atomic E-state index is 3.36. The van der Waals surface area contributed by atoms with E-state index in [1.54, 1.807) is 0 Å². The Morgan fingerprint density at radius 2 is 1.75 bits per heavy atom. The van der Waals surface area contributed by atoms with Crippen LogP contribution in [0.3, 0.4) is 0 Å². The molecule has 0 bridgehead atoms.